The Kier molecular flexibility index (Phi) is 5.77. The number of carbonyl (C=O) groups excluding carboxylic acids is 1. The normalized spacial score (nSPS) is 13.0. The second-order valence-electron chi connectivity index (χ2n) is 7.56. The van der Waals surface area contributed by atoms with Gasteiger partial charge in [-0.2, -0.15) is 0 Å². The van der Waals surface area contributed by atoms with Crippen LogP contribution in [0.15, 0.2) is 72.8 Å². The van der Waals surface area contributed by atoms with Crippen molar-refractivity contribution in [3.05, 3.63) is 95.1 Å². The molecule has 0 aliphatic carbocycles. The summed E-state index contributed by atoms with van der Waals surface area (Å²) in [4.78, 5) is 17.9. The summed E-state index contributed by atoms with van der Waals surface area (Å²) in [5.74, 6) is 0.0289. The minimum Gasteiger partial charge on any atom is -0.300 e. The summed E-state index contributed by atoms with van der Waals surface area (Å²) in [7, 11) is 0. The van der Waals surface area contributed by atoms with Gasteiger partial charge in [-0.05, 0) is 66.9 Å². The minimum atomic E-state index is 0.0289. The fraction of sp³-hybridized carbons (Fsp3) is 0.269. The summed E-state index contributed by atoms with van der Waals surface area (Å²) in [6.45, 7) is 7.32. The second kappa shape index (κ2) is 8.62. The van der Waals surface area contributed by atoms with Gasteiger partial charge in [-0.1, -0.05) is 62.4 Å². The van der Waals surface area contributed by atoms with Crippen LogP contribution in [0.25, 0.3) is 0 Å². The molecule has 0 N–H and O–H groups in total. The number of fused-ring (bicyclic) bond motifs is 2. The molecule has 1 aliphatic heterocycles. The van der Waals surface area contributed by atoms with Gasteiger partial charge in [-0.25, -0.2) is 0 Å². The molecule has 0 unspecified atom stereocenters. The number of para-hydroxylation sites is 2. The van der Waals surface area contributed by atoms with E-state index < -0.39 is 0 Å². The van der Waals surface area contributed by atoms with E-state index in [1.807, 2.05) is 29.2 Å². The lowest BCUT2D eigenvalue weighted by molar-refractivity contribution is 0.0999. The lowest BCUT2D eigenvalue weighted by Crippen LogP contribution is -2.27. The van der Waals surface area contributed by atoms with Crippen LogP contribution in [-0.4, -0.2) is 23.9 Å². The zero-order valence-corrected chi connectivity index (χ0v) is 17.3. The van der Waals surface area contributed by atoms with Gasteiger partial charge in [0.05, 0.1) is 11.4 Å². The molecule has 0 radical (unpaired) electrons. The topological polar surface area (TPSA) is 23.6 Å². The zero-order valence-electron chi connectivity index (χ0n) is 17.3. The van der Waals surface area contributed by atoms with E-state index in [0.29, 0.717) is 0 Å². The van der Waals surface area contributed by atoms with Gasteiger partial charge in [-0.3, -0.25) is 14.6 Å². The summed E-state index contributed by atoms with van der Waals surface area (Å²) < 4.78 is 0. The van der Waals surface area contributed by atoms with Crippen LogP contribution in [0.4, 0.5) is 11.4 Å². The molecular weight excluding hydrogens is 356 g/mol. The van der Waals surface area contributed by atoms with Crippen molar-refractivity contribution < 1.29 is 4.79 Å². The summed E-state index contributed by atoms with van der Waals surface area (Å²) in [6, 6.07) is 24.6. The van der Waals surface area contributed by atoms with Gasteiger partial charge in [0.15, 0.2) is 0 Å². The number of aryl methyl sites for hydroxylation is 2. The van der Waals surface area contributed by atoms with Crippen LogP contribution in [0.5, 0.6) is 0 Å². The predicted octanol–water partition coefficient (Wildman–Crippen LogP) is 5.61. The molecule has 3 aromatic carbocycles. The van der Waals surface area contributed by atoms with Crippen molar-refractivity contribution in [2.45, 2.75) is 33.2 Å². The number of rotatable bonds is 5. The van der Waals surface area contributed by atoms with Crippen molar-refractivity contribution in [3.8, 4) is 0 Å². The van der Waals surface area contributed by atoms with Gasteiger partial charge in [0.1, 0.15) is 0 Å². The maximum absolute atomic E-state index is 13.6. The number of carbonyl (C=O) groups is 1. The zero-order chi connectivity index (χ0) is 20.2. The molecule has 0 bridgehead atoms. The minimum absolute atomic E-state index is 0.0289. The number of nitrogens with zero attached hydrogens (tertiary/aromatic N) is 2. The number of hydrogen-bond acceptors (Lipinski definition) is 2. The Bertz CT molecular complexity index is 942. The highest BCUT2D eigenvalue weighted by molar-refractivity contribution is 6.12. The largest absolute Gasteiger partial charge is 0.300 e. The summed E-state index contributed by atoms with van der Waals surface area (Å²) in [6.07, 6.45) is 1.89. The smallest absolute Gasteiger partial charge is 0.262 e. The first-order valence-corrected chi connectivity index (χ1v) is 10.5. The predicted molar refractivity (Wildman–Crippen MR) is 120 cm³/mol. The van der Waals surface area contributed by atoms with Crippen LogP contribution in [0.2, 0.25) is 0 Å². The first-order valence-electron chi connectivity index (χ1n) is 10.5. The molecule has 148 valence electrons. The van der Waals surface area contributed by atoms with Crippen molar-refractivity contribution in [1.82, 2.24) is 4.90 Å². The van der Waals surface area contributed by atoms with Gasteiger partial charge >= 0.3 is 0 Å². The van der Waals surface area contributed by atoms with Crippen molar-refractivity contribution >= 4 is 17.3 Å². The van der Waals surface area contributed by atoms with Crippen LogP contribution in [-0.2, 0) is 19.4 Å². The van der Waals surface area contributed by atoms with Gasteiger partial charge in [-0.15, -0.1) is 0 Å². The molecular formula is C26H28N2O. The van der Waals surface area contributed by atoms with Crippen LogP contribution in [0.1, 0.15) is 40.9 Å². The van der Waals surface area contributed by atoms with Gasteiger partial charge in [0, 0.05) is 12.1 Å². The van der Waals surface area contributed by atoms with Crippen molar-refractivity contribution in [3.63, 3.8) is 0 Å². The Labute approximate surface area is 173 Å². The third-order valence-electron chi connectivity index (χ3n) is 5.83. The Morgan fingerprint density at radius 2 is 1.31 bits per heavy atom. The van der Waals surface area contributed by atoms with Gasteiger partial charge in [0.2, 0.25) is 0 Å². The third kappa shape index (κ3) is 3.96. The number of amides is 1. The lowest BCUT2D eigenvalue weighted by Gasteiger charge is -2.25. The maximum Gasteiger partial charge on any atom is 0.262 e. The summed E-state index contributed by atoms with van der Waals surface area (Å²) >= 11 is 0. The fourth-order valence-corrected chi connectivity index (χ4v) is 4.09. The van der Waals surface area contributed by atoms with E-state index in [2.05, 4.69) is 67.3 Å². The van der Waals surface area contributed by atoms with Crippen molar-refractivity contribution in [2.75, 3.05) is 18.0 Å². The molecule has 1 aliphatic rings. The molecule has 0 saturated carbocycles. The quantitative estimate of drug-likeness (QED) is 0.571. The summed E-state index contributed by atoms with van der Waals surface area (Å²) in [5, 5.41) is 0. The highest BCUT2D eigenvalue weighted by atomic mass is 16.2. The molecule has 0 spiro atoms. The van der Waals surface area contributed by atoms with E-state index in [1.54, 1.807) is 0 Å². The Hall–Kier alpha value is -2.91. The van der Waals surface area contributed by atoms with E-state index in [9.17, 15) is 4.79 Å². The third-order valence-corrected chi connectivity index (χ3v) is 5.83. The number of benzene rings is 3. The van der Waals surface area contributed by atoms with E-state index in [0.717, 1.165) is 49.4 Å². The van der Waals surface area contributed by atoms with Crippen molar-refractivity contribution in [2.24, 2.45) is 0 Å². The molecule has 1 amide bonds. The lowest BCUT2D eigenvalue weighted by atomic mass is 10.0. The Morgan fingerprint density at radius 3 is 1.83 bits per heavy atom. The van der Waals surface area contributed by atoms with E-state index in [-0.39, 0.29) is 5.91 Å². The molecule has 3 heteroatoms. The average molecular weight is 385 g/mol. The monoisotopic (exact) mass is 384 g/mol. The SMILES string of the molecule is CCN(CC)Cc1ccc(C(=O)N2c3ccccc3CCc3ccccc32)cc1. The Balaban J connectivity index is 1.70. The van der Waals surface area contributed by atoms with Crippen molar-refractivity contribution in [1.29, 1.82) is 0 Å². The van der Waals surface area contributed by atoms with Gasteiger partial charge < -0.3 is 0 Å². The second-order valence-corrected chi connectivity index (χ2v) is 7.56. The maximum atomic E-state index is 13.6. The molecule has 29 heavy (non-hydrogen) atoms. The van der Waals surface area contributed by atoms with Gasteiger partial charge in [0.25, 0.3) is 5.91 Å². The molecule has 4 rings (SSSR count). The Morgan fingerprint density at radius 1 is 0.793 bits per heavy atom. The molecule has 0 aromatic heterocycles. The molecule has 0 fully saturated rings. The first-order chi connectivity index (χ1) is 14.2. The first kappa shape index (κ1) is 19.4. The standard InChI is InChI=1S/C26H28N2O/c1-3-27(4-2)19-20-13-15-23(16-14-20)26(29)28-24-11-7-5-9-21(24)17-18-22-10-6-8-12-25(22)28/h5-16H,3-4,17-19H2,1-2H3. The number of hydrogen-bond donors (Lipinski definition) is 0. The van der Waals surface area contributed by atoms with E-state index in [1.165, 1.54) is 16.7 Å². The van der Waals surface area contributed by atoms with E-state index >= 15 is 0 Å². The van der Waals surface area contributed by atoms with Crippen LogP contribution < -0.4 is 4.90 Å². The molecule has 1 heterocycles. The molecule has 3 aromatic rings. The van der Waals surface area contributed by atoms with E-state index in [4.69, 9.17) is 0 Å². The highest BCUT2D eigenvalue weighted by Crippen LogP contribution is 2.37. The fourth-order valence-electron chi connectivity index (χ4n) is 4.09. The highest BCUT2D eigenvalue weighted by Gasteiger charge is 2.26. The molecule has 0 saturated heterocycles. The molecule has 3 nitrogen and oxygen atoms in total. The average Bonchev–Trinajstić information content (AvgIpc) is 2.94. The van der Waals surface area contributed by atoms with Crippen LogP contribution >= 0.6 is 0 Å². The summed E-state index contributed by atoms with van der Waals surface area (Å²) in [5.41, 5.74) is 6.39. The number of anilines is 2. The molecule has 0 atom stereocenters. The van der Waals surface area contributed by atoms with Crippen LogP contribution in [0, 0.1) is 0 Å². The van der Waals surface area contributed by atoms with Crippen LogP contribution in [0.3, 0.4) is 0 Å².